The molecule has 0 spiro atoms. The van der Waals surface area contributed by atoms with Crippen LogP contribution in [0.4, 0.5) is 11.4 Å². The van der Waals surface area contributed by atoms with Crippen LogP contribution in [0, 0.1) is 13.8 Å². The maximum absolute atomic E-state index is 13.8. The topological polar surface area (TPSA) is 67.9 Å². The van der Waals surface area contributed by atoms with Gasteiger partial charge in [-0.2, -0.15) is 0 Å². The standard InChI is InChI=1S/C27H26N2O4/c1-5-33-23-13-9-7-11-20(23)28-25-24(19-10-6-8-12-22(19)32-4)26(30)29(27(25)31)21-16-17(2)14-15-18(21)3/h6-16,28H,5H2,1-4H3. The normalized spacial score (nSPS) is 13.5. The molecule has 2 amide bonds. The Labute approximate surface area is 193 Å². The molecule has 0 saturated heterocycles. The third-order valence-electron chi connectivity index (χ3n) is 5.51. The van der Waals surface area contributed by atoms with Crippen molar-refractivity contribution in [2.45, 2.75) is 20.8 Å². The lowest BCUT2D eigenvalue weighted by molar-refractivity contribution is -0.120. The Kier molecular flexibility index (Phi) is 6.18. The quantitative estimate of drug-likeness (QED) is 0.515. The Morgan fingerprint density at radius 3 is 2.30 bits per heavy atom. The van der Waals surface area contributed by atoms with Crippen LogP contribution in [0.25, 0.3) is 5.57 Å². The van der Waals surface area contributed by atoms with Crippen LogP contribution in [0.15, 0.2) is 72.4 Å². The van der Waals surface area contributed by atoms with Gasteiger partial charge >= 0.3 is 0 Å². The molecule has 3 aromatic carbocycles. The minimum Gasteiger partial charge on any atom is -0.496 e. The van der Waals surface area contributed by atoms with E-state index in [4.69, 9.17) is 9.47 Å². The van der Waals surface area contributed by atoms with E-state index in [2.05, 4.69) is 5.32 Å². The number of amides is 2. The molecule has 0 fully saturated rings. The van der Waals surface area contributed by atoms with Crippen LogP contribution in [-0.2, 0) is 9.59 Å². The molecule has 4 rings (SSSR count). The summed E-state index contributed by atoms with van der Waals surface area (Å²) in [6.07, 6.45) is 0. The SMILES string of the molecule is CCOc1ccccc1NC1=C(c2ccccc2OC)C(=O)N(c2cc(C)ccc2C)C1=O. The molecule has 6 nitrogen and oxygen atoms in total. The number of methoxy groups -OCH3 is 1. The third kappa shape index (κ3) is 4.07. The largest absolute Gasteiger partial charge is 0.496 e. The van der Waals surface area contributed by atoms with E-state index in [9.17, 15) is 9.59 Å². The van der Waals surface area contributed by atoms with Crippen molar-refractivity contribution in [1.29, 1.82) is 0 Å². The summed E-state index contributed by atoms with van der Waals surface area (Å²) in [5.41, 5.74) is 3.93. The van der Waals surface area contributed by atoms with Gasteiger partial charge in [-0.3, -0.25) is 9.59 Å². The number of hydrogen-bond acceptors (Lipinski definition) is 5. The van der Waals surface area contributed by atoms with Gasteiger partial charge in [0, 0.05) is 5.56 Å². The monoisotopic (exact) mass is 442 g/mol. The van der Waals surface area contributed by atoms with E-state index >= 15 is 0 Å². The Bertz CT molecular complexity index is 1260. The number of rotatable bonds is 7. The smallest absolute Gasteiger partial charge is 0.282 e. The number of hydrogen-bond donors (Lipinski definition) is 1. The average Bonchev–Trinajstić information content (AvgIpc) is 3.06. The molecule has 3 aromatic rings. The van der Waals surface area contributed by atoms with E-state index in [0.29, 0.717) is 35.0 Å². The number of carbonyl (C=O) groups excluding carboxylic acids is 2. The van der Waals surface area contributed by atoms with E-state index < -0.39 is 11.8 Å². The van der Waals surface area contributed by atoms with Crippen LogP contribution in [0.2, 0.25) is 0 Å². The van der Waals surface area contributed by atoms with E-state index in [1.807, 2.05) is 75.4 Å². The second kappa shape index (κ2) is 9.20. The zero-order valence-corrected chi connectivity index (χ0v) is 19.1. The number of para-hydroxylation sites is 3. The number of anilines is 2. The highest BCUT2D eigenvalue weighted by Gasteiger charge is 2.42. The first-order valence-corrected chi connectivity index (χ1v) is 10.8. The van der Waals surface area contributed by atoms with Gasteiger partial charge in [0.1, 0.15) is 17.2 Å². The highest BCUT2D eigenvalue weighted by atomic mass is 16.5. The zero-order valence-electron chi connectivity index (χ0n) is 19.1. The van der Waals surface area contributed by atoms with Crippen LogP contribution >= 0.6 is 0 Å². The fraction of sp³-hybridized carbons (Fsp3) is 0.185. The number of ether oxygens (including phenoxy) is 2. The summed E-state index contributed by atoms with van der Waals surface area (Å²) >= 11 is 0. The summed E-state index contributed by atoms with van der Waals surface area (Å²) in [4.78, 5) is 28.8. The zero-order chi connectivity index (χ0) is 23.5. The molecule has 168 valence electrons. The summed E-state index contributed by atoms with van der Waals surface area (Å²) in [6.45, 7) is 6.18. The van der Waals surface area contributed by atoms with E-state index in [1.165, 1.54) is 4.90 Å². The number of carbonyl (C=O) groups is 2. The maximum Gasteiger partial charge on any atom is 0.282 e. The summed E-state index contributed by atoms with van der Waals surface area (Å²) in [6, 6.07) is 20.2. The van der Waals surface area contributed by atoms with Gasteiger partial charge in [0.25, 0.3) is 11.8 Å². The van der Waals surface area contributed by atoms with Gasteiger partial charge in [-0.05, 0) is 56.2 Å². The second-order valence-electron chi connectivity index (χ2n) is 7.74. The van der Waals surface area contributed by atoms with Crippen molar-refractivity contribution in [3.8, 4) is 11.5 Å². The first-order chi connectivity index (χ1) is 16.0. The van der Waals surface area contributed by atoms with Gasteiger partial charge in [-0.25, -0.2) is 4.90 Å². The molecule has 0 aliphatic carbocycles. The first-order valence-electron chi connectivity index (χ1n) is 10.8. The van der Waals surface area contributed by atoms with E-state index in [0.717, 1.165) is 11.1 Å². The molecule has 0 atom stereocenters. The first kappa shape index (κ1) is 22.1. The molecule has 0 saturated carbocycles. The molecule has 1 heterocycles. The van der Waals surface area contributed by atoms with Crippen LogP contribution in [0.1, 0.15) is 23.6 Å². The summed E-state index contributed by atoms with van der Waals surface area (Å²) < 4.78 is 11.2. The molecule has 0 radical (unpaired) electrons. The summed E-state index contributed by atoms with van der Waals surface area (Å²) in [5.74, 6) is 0.265. The van der Waals surface area contributed by atoms with Gasteiger partial charge in [0.2, 0.25) is 0 Å². The molecular weight excluding hydrogens is 416 g/mol. The van der Waals surface area contributed by atoms with Gasteiger partial charge in [-0.15, -0.1) is 0 Å². The molecule has 1 aliphatic heterocycles. The number of benzene rings is 3. The Morgan fingerprint density at radius 2 is 1.58 bits per heavy atom. The van der Waals surface area contributed by atoms with E-state index in [-0.39, 0.29) is 11.3 Å². The summed E-state index contributed by atoms with van der Waals surface area (Å²) in [5, 5.41) is 3.20. The number of nitrogens with one attached hydrogen (secondary N) is 1. The summed E-state index contributed by atoms with van der Waals surface area (Å²) in [7, 11) is 1.54. The minimum atomic E-state index is -0.430. The average molecular weight is 443 g/mol. The van der Waals surface area contributed by atoms with Crippen molar-refractivity contribution in [3.63, 3.8) is 0 Å². The number of imide groups is 1. The van der Waals surface area contributed by atoms with Crippen LogP contribution in [-0.4, -0.2) is 25.5 Å². The van der Waals surface area contributed by atoms with E-state index in [1.54, 1.807) is 19.2 Å². The van der Waals surface area contributed by atoms with Gasteiger partial charge in [-0.1, -0.05) is 42.5 Å². The molecule has 33 heavy (non-hydrogen) atoms. The predicted molar refractivity (Wildman–Crippen MR) is 130 cm³/mol. The lowest BCUT2D eigenvalue weighted by atomic mass is 10.0. The van der Waals surface area contributed by atoms with Crippen LogP contribution in [0.5, 0.6) is 11.5 Å². The predicted octanol–water partition coefficient (Wildman–Crippen LogP) is 5.11. The highest BCUT2D eigenvalue weighted by Crippen LogP contribution is 2.39. The van der Waals surface area contributed by atoms with Crippen molar-refractivity contribution >= 4 is 28.8 Å². The highest BCUT2D eigenvalue weighted by molar-refractivity contribution is 6.46. The van der Waals surface area contributed by atoms with Crippen molar-refractivity contribution < 1.29 is 19.1 Å². The van der Waals surface area contributed by atoms with Crippen molar-refractivity contribution in [2.24, 2.45) is 0 Å². The number of aryl methyl sites for hydroxylation is 2. The molecule has 1 N–H and O–H groups in total. The van der Waals surface area contributed by atoms with Crippen LogP contribution < -0.4 is 19.7 Å². The Hall–Kier alpha value is -4.06. The Balaban J connectivity index is 1.90. The minimum absolute atomic E-state index is 0.178. The van der Waals surface area contributed by atoms with Crippen molar-refractivity contribution in [2.75, 3.05) is 23.9 Å². The van der Waals surface area contributed by atoms with Gasteiger partial charge in [0.15, 0.2) is 0 Å². The fourth-order valence-electron chi connectivity index (χ4n) is 3.91. The van der Waals surface area contributed by atoms with Crippen molar-refractivity contribution in [1.82, 2.24) is 0 Å². The van der Waals surface area contributed by atoms with Gasteiger partial charge < -0.3 is 14.8 Å². The maximum atomic E-state index is 13.8. The molecule has 0 unspecified atom stereocenters. The molecule has 6 heteroatoms. The molecule has 0 bridgehead atoms. The lowest BCUT2D eigenvalue weighted by Crippen LogP contribution is -2.33. The Morgan fingerprint density at radius 1 is 0.879 bits per heavy atom. The fourth-order valence-corrected chi connectivity index (χ4v) is 3.91. The molecule has 1 aliphatic rings. The van der Waals surface area contributed by atoms with Gasteiger partial charge in [0.05, 0.1) is 30.7 Å². The lowest BCUT2D eigenvalue weighted by Gasteiger charge is -2.19. The second-order valence-corrected chi connectivity index (χ2v) is 7.74. The van der Waals surface area contributed by atoms with Crippen LogP contribution in [0.3, 0.4) is 0 Å². The molecule has 0 aromatic heterocycles. The van der Waals surface area contributed by atoms with Crippen molar-refractivity contribution in [3.05, 3.63) is 89.1 Å². The number of nitrogens with zero attached hydrogens (tertiary/aromatic N) is 1. The third-order valence-corrected chi connectivity index (χ3v) is 5.51. The molecular formula is C27H26N2O4.